The van der Waals surface area contributed by atoms with E-state index in [1.54, 1.807) is 13.8 Å². The van der Waals surface area contributed by atoms with Crippen LogP contribution in [0.1, 0.15) is 13.8 Å². The van der Waals surface area contributed by atoms with E-state index in [1.165, 1.54) is 0 Å². The van der Waals surface area contributed by atoms with Crippen molar-refractivity contribution < 1.29 is 4.74 Å². The molecule has 6 heteroatoms. The third-order valence-corrected chi connectivity index (χ3v) is 1.95. The topological polar surface area (TPSA) is 84.8 Å². The van der Waals surface area contributed by atoms with E-state index in [0.717, 1.165) is 11.3 Å². The van der Waals surface area contributed by atoms with Crippen molar-refractivity contribution in [2.24, 2.45) is 5.41 Å². The van der Waals surface area contributed by atoms with Crippen LogP contribution in [0.5, 0.6) is 5.19 Å². The Morgan fingerprint density at radius 1 is 1.62 bits per heavy atom. The van der Waals surface area contributed by atoms with Gasteiger partial charge in [0.2, 0.25) is 5.13 Å². The van der Waals surface area contributed by atoms with E-state index in [-0.39, 0.29) is 6.61 Å². The van der Waals surface area contributed by atoms with Crippen LogP contribution in [-0.4, -0.2) is 16.8 Å². The molecule has 1 aromatic rings. The van der Waals surface area contributed by atoms with Crippen molar-refractivity contribution in [2.45, 2.75) is 13.8 Å². The van der Waals surface area contributed by atoms with Crippen LogP contribution in [0.2, 0.25) is 0 Å². The van der Waals surface area contributed by atoms with Gasteiger partial charge in [-0.3, -0.25) is 0 Å². The summed E-state index contributed by atoms with van der Waals surface area (Å²) in [5.74, 6) is 0. The summed E-state index contributed by atoms with van der Waals surface area (Å²) in [5, 5.41) is 16.7. The molecular formula is C7H10N4OS. The molecule has 1 heterocycles. The van der Waals surface area contributed by atoms with E-state index < -0.39 is 5.41 Å². The second-order valence-electron chi connectivity index (χ2n) is 3.19. The van der Waals surface area contributed by atoms with Gasteiger partial charge in [0.25, 0.3) is 5.19 Å². The van der Waals surface area contributed by atoms with Crippen molar-refractivity contribution >= 4 is 16.5 Å². The third kappa shape index (κ3) is 2.87. The summed E-state index contributed by atoms with van der Waals surface area (Å²) < 4.78 is 5.22. The number of nitrogens with zero attached hydrogens (tertiary/aromatic N) is 3. The highest BCUT2D eigenvalue weighted by molar-refractivity contribution is 7.16. The number of nitrogen functional groups attached to an aromatic ring is 1. The van der Waals surface area contributed by atoms with Crippen molar-refractivity contribution in [1.82, 2.24) is 10.2 Å². The minimum atomic E-state index is -0.513. The van der Waals surface area contributed by atoms with Crippen LogP contribution in [-0.2, 0) is 0 Å². The first kappa shape index (κ1) is 9.74. The van der Waals surface area contributed by atoms with Crippen molar-refractivity contribution in [3.63, 3.8) is 0 Å². The Hall–Kier alpha value is -1.35. The molecule has 0 amide bonds. The minimum absolute atomic E-state index is 0.290. The summed E-state index contributed by atoms with van der Waals surface area (Å²) in [5.41, 5.74) is 4.84. The lowest BCUT2D eigenvalue weighted by Gasteiger charge is -2.13. The van der Waals surface area contributed by atoms with Gasteiger partial charge >= 0.3 is 0 Å². The van der Waals surface area contributed by atoms with Crippen LogP contribution >= 0.6 is 11.3 Å². The molecule has 0 atom stereocenters. The highest BCUT2D eigenvalue weighted by atomic mass is 32.1. The van der Waals surface area contributed by atoms with E-state index in [4.69, 9.17) is 15.7 Å². The van der Waals surface area contributed by atoms with Crippen molar-refractivity contribution in [2.75, 3.05) is 12.3 Å². The Bertz CT molecular complexity index is 327. The average molecular weight is 198 g/mol. The lowest BCUT2D eigenvalue weighted by Crippen LogP contribution is -2.18. The summed E-state index contributed by atoms with van der Waals surface area (Å²) in [6.45, 7) is 3.87. The molecule has 0 bridgehead atoms. The van der Waals surface area contributed by atoms with Gasteiger partial charge in [0.15, 0.2) is 0 Å². The highest BCUT2D eigenvalue weighted by Gasteiger charge is 2.18. The number of nitriles is 1. The third-order valence-electron chi connectivity index (χ3n) is 1.28. The maximum absolute atomic E-state index is 8.69. The van der Waals surface area contributed by atoms with E-state index in [1.807, 2.05) is 0 Å². The van der Waals surface area contributed by atoms with Crippen molar-refractivity contribution in [3.8, 4) is 11.3 Å². The van der Waals surface area contributed by atoms with Crippen LogP contribution in [0.4, 0.5) is 5.13 Å². The molecule has 13 heavy (non-hydrogen) atoms. The second kappa shape index (κ2) is 3.58. The lowest BCUT2D eigenvalue weighted by molar-refractivity contribution is 0.225. The minimum Gasteiger partial charge on any atom is -0.467 e. The van der Waals surface area contributed by atoms with Gasteiger partial charge in [0.1, 0.15) is 6.61 Å². The molecule has 0 unspecified atom stereocenters. The SMILES string of the molecule is CC(C)(C#N)COc1nnc(N)s1. The number of anilines is 1. The zero-order chi connectivity index (χ0) is 9.90. The Labute approximate surface area is 80.2 Å². The molecule has 0 aliphatic rings. The van der Waals surface area contributed by atoms with Crippen LogP contribution < -0.4 is 10.5 Å². The van der Waals surface area contributed by atoms with Gasteiger partial charge in [-0.05, 0) is 25.2 Å². The Balaban J connectivity index is 2.49. The summed E-state index contributed by atoms with van der Waals surface area (Å²) in [4.78, 5) is 0. The number of aromatic nitrogens is 2. The fourth-order valence-electron chi connectivity index (χ4n) is 0.553. The van der Waals surface area contributed by atoms with Gasteiger partial charge < -0.3 is 10.5 Å². The van der Waals surface area contributed by atoms with Crippen molar-refractivity contribution in [1.29, 1.82) is 5.26 Å². The predicted octanol–water partition coefficient (Wildman–Crippen LogP) is 1.05. The summed E-state index contributed by atoms with van der Waals surface area (Å²) in [6, 6.07) is 2.12. The van der Waals surface area contributed by atoms with Gasteiger partial charge in [0, 0.05) is 0 Å². The number of ether oxygens (including phenoxy) is 1. The quantitative estimate of drug-likeness (QED) is 0.784. The molecule has 70 valence electrons. The monoisotopic (exact) mass is 198 g/mol. The molecule has 5 nitrogen and oxygen atoms in total. The summed E-state index contributed by atoms with van der Waals surface area (Å²) in [7, 11) is 0. The van der Waals surface area contributed by atoms with E-state index in [2.05, 4.69) is 16.3 Å². The zero-order valence-corrected chi connectivity index (χ0v) is 8.26. The molecule has 0 saturated heterocycles. The Morgan fingerprint density at radius 2 is 2.31 bits per heavy atom. The standard InChI is InChI=1S/C7H10N4OS/c1-7(2,3-8)4-12-6-11-10-5(9)13-6/h4H2,1-2H3,(H2,9,10). The van der Waals surface area contributed by atoms with Crippen LogP contribution in [0.25, 0.3) is 0 Å². The largest absolute Gasteiger partial charge is 0.467 e. The first-order chi connectivity index (χ1) is 6.03. The van der Waals surface area contributed by atoms with Gasteiger partial charge in [-0.15, -0.1) is 5.10 Å². The van der Waals surface area contributed by atoms with Gasteiger partial charge in [0.05, 0.1) is 11.5 Å². The van der Waals surface area contributed by atoms with Gasteiger partial charge in [-0.1, -0.05) is 5.10 Å². The molecule has 0 radical (unpaired) electrons. The molecule has 1 aromatic heterocycles. The van der Waals surface area contributed by atoms with Crippen LogP contribution in [0.15, 0.2) is 0 Å². The summed E-state index contributed by atoms with van der Waals surface area (Å²) >= 11 is 1.16. The predicted molar refractivity (Wildman–Crippen MR) is 49.2 cm³/mol. The van der Waals surface area contributed by atoms with E-state index >= 15 is 0 Å². The smallest absolute Gasteiger partial charge is 0.295 e. The molecule has 0 saturated carbocycles. The van der Waals surface area contributed by atoms with E-state index in [0.29, 0.717) is 10.3 Å². The molecule has 2 N–H and O–H groups in total. The molecule has 1 rings (SSSR count). The average Bonchev–Trinajstić information content (AvgIpc) is 2.48. The molecule has 0 spiro atoms. The molecule has 0 fully saturated rings. The fraction of sp³-hybridized carbons (Fsp3) is 0.571. The van der Waals surface area contributed by atoms with Crippen LogP contribution in [0.3, 0.4) is 0 Å². The first-order valence-corrected chi connectivity index (χ1v) is 4.48. The Kier molecular flexibility index (Phi) is 2.68. The highest BCUT2D eigenvalue weighted by Crippen LogP contribution is 2.22. The molecule has 0 aromatic carbocycles. The molecule has 0 aliphatic carbocycles. The number of rotatable bonds is 3. The summed E-state index contributed by atoms with van der Waals surface area (Å²) in [6.07, 6.45) is 0. The number of nitrogens with two attached hydrogens (primary N) is 1. The Morgan fingerprint density at radius 3 is 2.77 bits per heavy atom. The van der Waals surface area contributed by atoms with Crippen molar-refractivity contribution in [3.05, 3.63) is 0 Å². The first-order valence-electron chi connectivity index (χ1n) is 3.66. The van der Waals surface area contributed by atoms with Gasteiger partial charge in [-0.25, -0.2) is 0 Å². The number of hydrogen-bond donors (Lipinski definition) is 1. The fourth-order valence-corrected chi connectivity index (χ4v) is 1.01. The van der Waals surface area contributed by atoms with Gasteiger partial charge in [-0.2, -0.15) is 5.26 Å². The maximum Gasteiger partial charge on any atom is 0.295 e. The zero-order valence-electron chi connectivity index (χ0n) is 7.44. The molecular weight excluding hydrogens is 188 g/mol. The second-order valence-corrected chi connectivity index (χ2v) is 4.16. The molecule has 0 aliphatic heterocycles. The van der Waals surface area contributed by atoms with E-state index in [9.17, 15) is 0 Å². The van der Waals surface area contributed by atoms with Crippen LogP contribution in [0, 0.1) is 16.7 Å². The lowest BCUT2D eigenvalue weighted by atomic mass is 9.98. The number of hydrogen-bond acceptors (Lipinski definition) is 6. The maximum atomic E-state index is 8.69. The normalized spacial score (nSPS) is 10.8.